The Hall–Kier alpha value is -1.14. The number of hydrogen-bond donors (Lipinski definition) is 1. The zero-order valence-electron chi connectivity index (χ0n) is 7.53. The number of rotatable bonds is 3. The molecule has 0 fully saturated rings. The van der Waals surface area contributed by atoms with Gasteiger partial charge >= 0.3 is 0 Å². The van der Waals surface area contributed by atoms with E-state index in [-0.39, 0.29) is 17.3 Å². The second-order valence-corrected chi connectivity index (χ2v) is 4.10. The van der Waals surface area contributed by atoms with Gasteiger partial charge in [0.2, 0.25) is 10.0 Å². The molecule has 78 valence electrons. The molecule has 0 aromatic heterocycles. The van der Waals surface area contributed by atoms with Crippen LogP contribution < -0.4 is 9.88 Å². The maximum Gasteiger partial charge on any atom is 0.241 e. The van der Waals surface area contributed by atoms with Crippen LogP contribution >= 0.6 is 0 Å². The average molecular weight is 219 g/mol. The number of ether oxygens (including phenoxy) is 1. The molecular formula is C8H10FNO3S. The fraction of sp³-hybridized carbons (Fsp3) is 0.250. The van der Waals surface area contributed by atoms with Crippen LogP contribution in [0.5, 0.6) is 5.75 Å². The molecule has 0 unspecified atom stereocenters. The first kappa shape index (κ1) is 10.9. The van der Waals surface area contributed by atoms with Crippen LogP contribution in [0.4, 0.5) is 4.39 Å². The van der Waals surface area contributed by atoms with Crippen LogP contribution in [0.2, 0.25) is 0 Å². The van der Waals surface area contributed by atoms with E-state index in [9.17, 15) is 12.8 Å². The maximum absolute atomic E-state index is 12.7. The molecular weight excluding hydrogens is 209 g/mol. The Morgan fingerprint density at radius 1 is 1.50 bits per heavy atom. The van der Waals surface area contributed by atoms with Gasteiger partial charge in [-0.25, -0.2) is 17.9 Å². The molecule has 0 saturated heterocycles. The van der Waals surface area contributed by atoms with E-state index < -0.39 is 15.8 Å². The van der Waals surface area contributed by atoms with E-state index >= 15 is 0 Å². The van der Waals surface area contributed by atoms with Gasteiger partial charge in [0, 0.05) is 6.07 Å². The zero-order chi connectivity index (χ0) is 10.8. The van der Waals surface area contributed by atoms with Crippen molar-refractivity contribution in [3.63, 3.8) is 0 Å². The normalized spacial score (nSPS) is 11.4. The quantitative estimate of drug-likeness (QED) is 0.820. The number of halogens is 1. The Labute approximate surface area is 81.5 Å². The third-order valence-corrected chi connectivity index (χ3v) is 2.46. The zero-order valence-corrected chi connectivity index (χ0v) is 8.34. The van der Waals surface area contributed by atoms with Gasteiger partial charge in [-0.15, -0.1) is 0 Å². The molecule has 0 spiro atoms. The number of benzene rings is 1. The third kappa shape index (κ3) is 2.43. The molecule has 0 aliphatic heterocycles. The number of hydrogen-bond acceptors (Lipinski definition) is 3. The largest absolute Gasteiger partial charge is 0.492 e. The van der Waals surface area contributed by atoms with E-state index in [1.807, 2.05) is 0 Å². The van der Waals surface area contributed by atoms with Crippen molar-refractivity contribution in [3.8, 4) is 5.75 Å². The summed E-state index contributed by atoms with van der Waals surface area (Å²) < 4.78 is 39.7. The lowest BCUT2D eigenvalue weighted by atomic mass is 10.3. The molecule has 0 heterocycles. The molecule has 0 saturated carbocycles. The van der Waals surface area contributed by atoms with Crippen LogP contribution in [-0.2, 0) is 10.0 Å². The van der Waals surface area contributed by atoms with Crippen molar-refractivity contribution in [1.29, 1.82) is 0 Å². The molecule has 0 bridgehead atoms. The molecule has 4 nitrogen and oxygen atoms in total. The first-order valence-electron chi connectivity index (χ1n) is 3.90. The summed E-state index contributed by atoms with van der Waals surface area (Å²) in [5.41, 5.74) is 0. The van der Waals surface area contributed by atoms with Gasteiger partial charge in [0.25, 0.3) is 0 Å². The van der Waals surface area contributed by atoms with Crippen LogP contribution in [-0.4, -0.2) is 15.0 Å². The minimum Gasteiger partial charge on any atom is -0.492 e. The lowest BCUT2D eigenvalue weighted by Crippen LogP contribution is -2.14. The van der Waals surface area contributed by atoms with Crippen molar-refractivity contribution in [2.75, 3.05) is 6.61 Å². The average Bonchev–Trinajstić information content (AvgIpc) is 2.02. The molecule has 0 amide bonds. The minimum atomic E-state index is -3.86. The van der Waals surface area contributed by atoms with Crippen LogP contribution in [0.1, 0.15) is 6.92 Å². The van der Waals surface area contributed by atoms with Gasteiger partial charge < -0.3 is 4.74 Å². The Morgan fingerprint density at radius 2 is 2.14 bits per heavy atom. The summed E-state index contributed by atoms with van der Waals surface area (Å²) in [5, 5.41) is 4.91. The van der Waals surface area contributed by atoms with E-state index in [0.717, 1.165) is 18.2 Å². The first-order chi connectivity index (χ1) is 6.45. The van der Waals surface area contributed by atoms with Crippen molar-refractivity contribution in [2.24, 2.45) is 5.14 Å². The lowest BCUT2D eigenvalue weighted by Gasteiger charge is -2.07. The van der Waals surface area contributed by atoms with E-state index in [1.54, 1.807) is 6.92 Å². The first-order valence-corrected chi connectivity index (χ1v) is 5.45. The number of nitrogens with two attached hydrogens (primary N) is 1. The highest BCUT2D eigenvalue weighted by atomic mass is 32.2. The smallest absolute Gasteiger partial charge is 0.241 e. The maximum atomic E-state index is 12.7. The Kier molecular flexibility index (Phi) is 3.07. The van der Waals surface area contributed by atoms with E-state index in [4.69, 9.17) is 9.88 Å². The van der Waals surface area contributed by atoms with Gasteiger partial charge in [-0.3, -0.25) is 0 Å². The second-order valence-electron chi connectivity index (χ2n) is 2.57. The highest BCUT2D eigenvalue weighted by Crippen LogP contribution is 2.23. The van der Waals surface area contributed by atoms with Crippen LogP contribution in [0, 0.1) is 5.82 Å². The van der Waals surface area contributed by atoms with Gasteiger partial charge in [-0.05, 0) is 19.1 Å². The second kappa shape index (κ2) is 3.93. The fourth-order valence-electron chi connectivity index (χ4n) is 0.985. The SMILES string of the molecule is CCOc1cc(F)ccc1S(N)(=O)=O. The molecule has 0 aliphatic carbocycles. The van der Waals surface area contributed by atoms with Crippen molar-refractivity contribution < 1.29 is 17.5 Å². The summed E-state index contributed by atoms with van der Waals surface area (Å²) in [6.45, 7) is 1.91. The predicted molar refractivity (Wildman–Crippen MR) is 48.9 cm³/mol. The molecule has 2 N–H and O–H groups in total. The molecule has 1 aromatic carbocycles. The van der Waals surface area contributed by atoms with Crippen molar-refractivity contribution in [2.45, 2.75) is 11.8 Å². The molecule has 0 atom stereocenters. The summed E-state index contributed by atoms with van der Waals surface area (Å²) in [4.78, 5) is -0.208. The Bertz CT molecular complexity index is 430. The Morgan fingerprint density at radius 3 is 2.64 bits per heavy atom. The topological polar surface area (TPSA) is 69.4 Å². The minimum absolute atomic E-state index is 0.0602. The predicted octanol–water partition coefficient (Wildman–Crippen LogP) is 0.872. The number of primary sulfonamides is 1. The highest BCUT2D eigenvalue weighted by molar-refractivity contribution is 7.89. The molecule has 0 aliphatic rings. The van der Waals surface area contributed by atoms with Gasteiger partial charge in [-0.2, -0.15) is 0 Å². The molecule has 0 radical (unpaired) electrons. The summed E-state index contributed by atoms with van der Waals surface area (Å²) in [7, 11) is -3.86. The molecule has 6 heteroatoms. The van der Waals surface area contributed by atoms with Crippen LogP contribution in [0.15, 0.2) is 23.1 Å². The van der Waals surface area contributed by atoms with E-state index in [2.05, 4.69) is 0 Å². The fourth-order valence-corrected chi connectivity index (χ4v) is 1.64. The van der Waals surface area contributed by atoms with Gasteiger partial charge in [0.15, 0.2) is 0 Å². The van der Waals surface area contributed by atoms with Gasteiger partial charge in [0.05, 0.1) is 6.61 Å². The summed E-state index contributed by atoms with van der Waals surface area (Å²) >= 11 is 0. The number of sulfonamides is 1. The standard InChI is InChI=1S/C8H10FNO3S/c1-2-13-7-5-6(9)3-4-8(7)14(10,11)12/h3-5H,2H2,1H3,(H2,10,11,12). The van der Waals surface area contributed by atoms with Crippen molar-refractivity contribution in [3.05, 3.63) is 24.0 Å². The van der Waals surface area contributed by atoms with Crippen molar-refractivity contribution >= 4 is 10.0 Å². The van der Waals surface area contributed by atoms with Gasteiger partial charge in [0.1, 0.15) is 16.5 Å². The third-order valence-electron chi connectivity index (χ3n) is 1.51. The molecule has 1 aromatic rings. The summed E-state index contributed by atoms with van der Waals surface area (Å²) in [6.07, 6.45) is 0. The van der Waals surface area contributed by atoms with Crippen molar-refractivity contribution in [1.82, 2.24) is 0 Å². The molecule has 1 rings (SSSR count). The lowest BCUT2D eigenvalue weighted by molar-refractivity contribution is 0.329. The molecule has 14 heavy (non-hydrogen) atoms. The summed E-state index contributed by atoms with van der Waals surface area (Å²) in [5.74, 6) is -0.629. The van der Waals surface area contributed by atoms with Crippen LogP contribution in [0.25, 0.3) is 0 Å². The highest BCUT2D eigenvalue weighted by Gasteiger charge is 2.15. The monoisotopic (exact) mass is 219 g/mol. The van der Waals surface area contributed by atoms with E-state index in [0.29, 0.717) is 0 Å². The van der Waals surface area contributed by atoms with Gasteiger partial charge in [-0.1, -0.05) is 0 Å². The van der Waals surface area contributed by atoms with Crippen LogP contribution in [0.3, 0.4) is 0 Å². The van der Waals surface area contributed by atoms with E-state index in [1.165, 1.54) is 0 Å². The summed E-state index contributed by atoms with van der Waals surface area (Å²) in [6, 6.07) is 3.08. The Balaban J connectivity index is 3.29.